The van der Waals surface area contributed by atoms with Gasteiger partial charge in [0.15, 0.2) is 0 Å². The Balaban J connectivity index is 2.14. The van der Waals surface area contributed by atoms with E-state index < -0.39 is 0 Å². The zero-order valence-corrected chi connectivity index (χ0v) is 16.7. The van der Waals surface area contributed by atoms with Crippen LogP contribution in [0.1, 0.15) is 11.3 Å². The molecule has 0 unspecified atom stereocenters. The molecule has 2 aromatic heterocycles. The van der Waals surface area contributed by atoms with Crippen molar-refractivity contribution in [3.63, 3.8) is 0 Å². The van der Waals surface area contributed by atoms with Crippen molar-refractivity contribution < 1.29 is 0 Å². The van der Waals surface area contributed by atoms with Crippen LogP contribution in [-0.2, 0) is 0 Å². The van der Waals surface area contributed by atoms with Gasteiger partial charge in [-0.05, 0) is 0 Å². The Morgan fingerprint density at radius 1 is 0.955 bits per heavy atom. The molecule has 0 aliphatic heterocycles. The molecule has 0 amide bonds. The van der Waals surface area contributed by atoms with E-state index in [1.807, 2.05) is 11.3 Å². The van der Waals surface area contributed by atoms with E-state index >= 15 is 0 Å². The van der Waals surface area contributed by atoms with Gasteiger partial charge >= 0.3 is 149 Å². The molecule has 3 heteroatoms. The van der Waals surface area contributed by atoms with Crippen LogP contribution >= 0.6 is 11.3 Å². The molecular weight excluding hydrogens is 483 g/mol. The van der Waals surface area contributed by atoms with E-state index in [-0.39, 0.29) is 0 Å². The van der Waals surface area contributed by atoms with Crippen LogP contribution in [0.5, 0.6) is 0 Å². The van der Waals surface area contributed by atoms with Crippen LogP contribution in [0, 0.1) is 13.8 Å². The minimum absolute atomic E-state index is 1.10. The van der Waals surface area contributed by atoms with Crippen LogP contribution in [0.2, 0.25) is 0 Å². The molecule has 0 fully saturated rings. The van der Waals surface area contributed by atoms with Gasteiger partial charge in [0, 0.05) is 0 Å². The maximum absolute atomic E-state index is 4.57. The van der Waals surface area contributed by atoms with E-state index in [1.54, 1.807) is 0 Å². The van der Waals surface area contributed by atoms with Gasteiger partial charge in [-0.15, -0.1) is 0 Å². The number of nitrogens with zero attached hydrogens (tertiary/aromatic N) is 1. The summed E-state index contributed by atoms with van der Waals surface area (Å²) in [5.41, 5.74) is 5.12. The summed E-state index contributed by atoms with van der Waals surface area (Å²) in [6.45, 7) is 4.29. The number of aryl methyl sites for hydroxylation is 2. The first-order chi connectivity index (χ1) is 10.6. The molecule has 0 saturated carbocycles. The number of pyridine rings is 1. The summed E-state index contributed by atoms with van der Waals surface area (Å²) < 4.78 is 3.94. The van der Waals surface area contributed by atoms with Gasteiger partial charge in [0.2, 0.25) is 0 Å². The molecule has 4 rings (SSSR count). The Morgan fingerprint density at radius 2 is 1.77 bits per heavy atom. The van der Waals surface area contributed by atoms with E-state index in [0.717, 1.165) is 5.69 Å². The number of hydrogen-bond donors (Lipinski definition) is 0. The topological polar surface area (TPSA) is 12.9 Å². The van der Waals surface area contributed by atoms with Crippen LogP contribution in [0.4, 0.5) is 0 Å². The van der Waals surface area contributed by atoms with Gasteiger partial charge in [-0.3, -0.25) is 0 Å². The van der Waals surface area contributed by atoms with Crippen LogP contribution in [0.25, 0.3) is 31.3 Å². The van der Waals surface area contributed by atoms with Gasteiger partial charge in [-0.1, -0.05) is 0 Å². The third-order valence-electron chi connectivity index (χ3n) is 3.98. The van der Waals surface area contributed by atoms with Gasteiger partial charge < -0.3 is 0 Å². The normalized spacial score (nSPS) is 11.4. The quantitative estimate of drug-likeness (QED) is 0.353. The molecule has 0 aliphatic carbocycles. The summed E-state index contributed by atoms with van der Waals surface area (Å²) in [5.74, 6) is 0. The standard InChI is InChI=1S/C19H14NS.Bi/c1-12-7-8-16-15-5-3-4-6-17(15)21-19(16)18(12)14-9-10-20-13(2)11-14;/h3-9,11H,1-2H3;. The number of thiophene rings is 1. The molecule has 0 bridgehead atoms. The Hall–Kier alpha value is -1.31. The first kappa shape index (κ1) is 14.3. The first-order valence-corrected chi connectivity index (χ1v) is 9.78. The molecule has 0 aliphatic rings. The van der Waals surface area contributed by atoms with Gasteiger partial charge in [0.1, 0.15) is 0 Å². The average molecular weight is 497 g/mol. The van der Waals surface area contributed by atoms with E-state index in [4.69, 9.17) is 0 Å². The molecule has 4 aromatic rings. The molecule has 0 atom stereocenters. The summed E-state index contributed by atoms with van der Waals surface area (Å²) in [4.78, 5) is 4.57. The maximum atomic E-state index is 4.57. The Morgan fingerprint density at radius 3 is 2.59 bits per heavy atom. The predicted molar refractivity (Wildman–Crippen MR) is 97.4 cm³/mol. The number of hydrogen-bond acceptors (Lipinski definition) is 2. The zero-order chi connectivity index (χ0) is 15.3. The predicted octanol–water partition coefficient (Wildman–Crippen LogP) is 4.53. The van der Waals surface area contributed by atoms with Crippen molar-refractivity contribution in [2.75, 3.05) is 0 Å². The second kappa shape index (κ2) is 5.40. The number of rotatable bonds is 1. The van der Waals surface area contributed by atoms with E-state index in [2.05, 4.69) is 67.4 Å². The molecule has 0 saturated heterocycles. The summed E-state index contributed by atoms with van der Waals surface area (Å²) >= 11 is 3.10. The van der Waals surface area contributed by atoms with Gasteiger partial charge in [0.25, 0.3) is 0 Å². The van der Waals surface area contributed by atoms with Crippen molar-refractivity contribution in [1.82, 2.24) is 4.98 Å². The van der Waals surface area contributed by atoms with Crippen LogP contribution in [0.15, 0.2) is 48.5 Å². The van der Waals surface area contributed by atoms with Crippen molar-refractivity contribution >= 4 is 59.6 Å². The zero-order valence-electron chi connectivity index (χ0n) is 12.4. The Bertz CT molecular complexity index is 996. The molecule has 2 heterocycles. The van der Waals surface area contributed by atoms with Crippen molar-refractivity contribution in [3.05, 3.63) is 59.8 Å². The van der Waals surface area contributed by atoms with Crippen molar-refractivity contribution in [2.45, 2.75) is 13.8 Å². The Labute approximate surface area is 148 Å². The van der Waals surface area contributed by atoms with Gasteiger partial charge in [-0.2, -0.15) is 0 Å². The SMILES string of the molecule is Cc1cc(-c2c(C)ccc3c2sc2ccccc23)c[c]([Bi])n1. The number of fused-ring (bicyclic) bond motifs is 3. The van der Waals surface area contributed by atoms with E-state index in [0.29, 0.717) is 0 Å². The summed E-state index contributed by atoms with van der Waals surface area (Å²) in [7, 11) is 0. The number of benzene rings is 2. The third kappa shape index (κ3) is 2.28. The molecule has 2 radical (unpaired) electrons. The average Bonchev–Trinajstić information content (AvgIpc) is 2.84. The minimum atomic E-state index is 1.10. The summed E-state index contributed by atoms with van der Waals surface area (Å²) in [5, 5.41) is 2.72. The molecular formula is C19H14BiNS. The van der Waals surface area contributed by atoms with Gasteiger partial charge in [-0.25, -0.2) is 0 Å². The van der Waals surface area contributed by atoms with E-state index in [9.17, 15) is 0 Å². The van der Waals surface area contributed by atoms with Gasteiger partial charge in [0.05, 0.1) is 0 Å². The van der Waals surface area contributed by atoms with Crippen molar-refractivity contribution in [3.8, 4) is 11.1 Å². The fourth-order valence-electron chi connectivity index (χ4n) is 3.04. The fourth-order valence-corrected chi connectivity index (χ4v) is 5.52. The van der Waals surface area contributed by atoms with E-state index in [1.165, 1.54) is 65.0 Å². The van der Waals surface area contributed by atoms with Crippen LogP contribution in [0.3, 0.4) is 0 Å². The summed E-state index contributed by atoms with van der Waals surface area (Å²) in [6.07, 6.45) is 0. The monoisotopic (exact) mass is 497 g/mol. The second-order valence-electron chi connectivity index (χ2n) is 5.59. The van der Waals surface area contributed by atoms with Crippen molar-refractivity contribution in [2.24, 2.45) is 0 Å². The molecule has 106 valence electrons. The fraction of sp³-hybridized carbons (Fsp3) is 0.105. The summed E-state index contributed by atoms with van der Waals surface area (Å²) in [6, 6.07) is 17.7. The first-order valence-electron chi connectivity index (χ1n) is 7.22. The van der Waals surface area contributed by atoms with Crippen LogP contribution < -0.4 is 3.40 Å². The van der Waals surface area contributed by atoms with Crippen molar-refractivity contribution in [1.29, 1.82) is 0 Å². The molecule has 0 N–H and O–H groups in total. The molecule has 1 nitrogen and oxygen atoms in total. The molecule has 2 aromatic carbocycles. The second-order valence-corrected chi connectivity index (χ2v) is 8.42. The third-order valence-corrected chi connectivity index (χ3v) is 6.08. The molecule has 22 heavy (non-hydrogen) atoms. The number of aromatic nitrogens is 1. The Kier molecular flexibility index (Phi) is 3.51. The molecule has 0 spiro atoms. The van der Waals surface area contributed by atoms with Crippen LogP contribution in [-0.4, -0.2) is 29.7 Å².